The Labute approximate surface area is 568 Å². The van der Waals surface area contributed by atoms with Crippen LogP contribution in [0.25, 0.3) is 29.2 Å². The Bertz CT molecular complexity index is 3510. The van der Waals surface area contributed by atoms with Gasteiger partial charge in [0.15, 0.2) is 17.1 Å². The third-order valence-corrected chi connectivity index (χ3v) is 31.3. The summed E-state index contributed by atoms with van der Waals surface area (Å²) >= 11 is 34.2. The molecule has 0 aliphatic heterocycles. The molecule has 0 N–H and O–H groups in total. The van der Waals surface area contributed by atoms with Gasteiger partial charge < -0.3 is 0 Å². The molecular weight excluding hydrogens is 1620 g/mol. The number of aromatic nitrogens is 6. The summed E-state index contributed by atoms with van der Waals surface area (Å²) in [7, 11) is 0. The van der Waals surface area contributed by atoms with E-state index < -0.39 is 167 Å². The summed E-state index contributed by atoms with van der Waals surface area (Å²) in [6.45, 7) is 17.9. The van der Waals surface area contributed by atoms with Crippen LogP contribution in [0.3, 0.4) is 0 Å². The first-order valence-electron chi connectivity index (χ1n) is 25.5. The summed E-state index contributed by atoms with van der Waals surface area (Å²) in [5.74, 6) is 0. The Morgan fingerprint density at radius 1 is 0.457 bits per heavy atom. The predicted octanol–water partition coefficient (Wildman–Crippen LogP) is 24.7. The maximum absolute atomic E-state index is 12.8. The van der Waals surface area contributed by atoms with Gasteiger partial charge in [0.2, 0.25) is 0 Å². The summed E-state index contributed by atoms with van der Waals surface area (Å²) < 4.78 is 238. The van der Waals surface area contributed by atoms with Crippen molar-refractivity contribution in [3.05, 3.63) is 140 Å². The first kappa shape index (κ1) is 82.0. The number of rotatable bonds is 18. The van der Waals surface area contributed by atoms with Crippen molar-refractivity contribution in [2.45, 2.75) is 122 Å². The summed E-state index contributed by atoms with van der Waals surface area (Å²) in [4.78, 5) is -1.70. The van der Waals surface area contributed by atoms with Crippen LogP contribution in [0.1, 0.15) is 104 Å². The minimum Gasteiger partial charge on any atom is -0.221 e. The second kappa shape index (κ2) is 34.1. The number of hydrogen-bond acceptors (Lipinski definition) is 9. The molecule has 6 aromatic rings. The molecular formula is C54H42BrCl6F18N9S3Sn. The number of unbranched alkanes of at least 4 members (excludes halogenated alkanes) is 3. The van der Waals surface area contributed by atoms with E-state index in [0.29, 0.717) is 36.4 Å². The zero-order valence-electron chi connectivity index (χ0n) is 46.9. The van der Waals surface area contributed by atoms with E-state index in [2.05, 4.69) is 75.8 Å². The fraction of sp³-hybridized carbons (Fsp3) is 0.333. The van der Waals surface area contributed by atoms with E-state index >= 15 is 0 Å². The fourth-order valence-corrected chi connectivity index (χ4v) is 25.5. The maximum atomic E-state index is 12.8. The van der Waals surface area contributed by atoms with Gasteiger partial charge in [-0.2, -0.15) is 110 Å². The maximum Gasteiger partial charge on any atom is 0.446 e. The quantitative estimate of drug-likeness (QED) is 0.0470. The number of thioether (sulfide) groups is 3. The molecule has 0 amide bonds. The second-order valence-electron chi connectivity index (χ2n) is 18.5. The minimum atomic E-state index is -4.73. The molecule has 0 bridgehead atoms. The smallest absolute Gasteiger partial charge is 0.221 e. The molecule has 500 valence electrons. The van der Waals surface area contributed by atoms with Gasteiger partial charge in [-0.25, -0.2) is 14.0 Å². The fourth-order valence-electron chi connectivity index (χ4n) is 7.98. The predicted molar refractivity (Wildman–Crippen MR) is 329 cm³/mol. The third kappa shape index (κ3) is 22.7. The number of hydrogen-bond donors (Lipinski definition) is 0. The topological polar surface area (TPSA) is 125 Å². The Balaban J connectivity index is 0.000000326. The van der Waals surface area contributed by atoms with Crippen LogP contribution in [0, 0.1) is 34.0 Å². The van der Waals surface area contributed by atoms with Crippen LogP contribution >= 0.6 is 121 Å². The molecule has 3 aromatic heterocycles. The van der Waals surface area contributed by atoms with Crippen molar-refractivity contribution in [2.24, 2.45) is 0 Å². The van der Waals surface area contributed by atoms with Gasteiger partial charge in [-0.05, 0) is 99.8 Å². The van der Waals surface area contributed by atoms with Crippen molar-refractivity contribution in [2.75, 3.05) is 0 Å². The second-order valence-corrected chi connectivity index (χ2v) is 38.1. The molecule has 0 atom stereocenters. The van der Waals surface area contributed by atoms with Crippen LogP contribution in [0.4, 0.5) is 79.0 Å². The van der Waals surface area contributed by atoms with Gasteiger partial charge in [0.25, 0.3) is 0 Å². The molecule has 3 aromatic carbocycles. The molecule has 9 nitrogen and oxygen atoms in total. The molecule has 3 heterocycles. The number of benzene rings is 3. The number of nitriles is 3. The zero-order valence-corrected chi connectivity index (χ0v) is 58.3. The Morgan fingerprint density at radius 2 is 0.696 bits per heavy atom. The van der Waals surface area contributed by atoms with Gasteiger partial charge in [-0.15, -0.1) is 0 Å². The van der Waals surface area contributed by atoms with Gasteiger partial charge in [0.1, 0.15) is 39.9 Å². The van der Waals surface area contributed by atoms with Gasteiger partial charge in [0.05, 0.1) is 72.9 Å². The molecule has 0 unspecified atom stereocenters. The van der Waals surface area contributed by atoms with Crippen LogP contribution in [0.2, 0.25) is 43.4 Å². The molecule has 0 spiro atoms. The van der Waals surface area contributed by atoms with Crippen LogP contribution in [0.5, 0.6) is 0 Å². The Morgan fingerprint density at radius 3 is 0.913 bits per heavy atom. The Kier molecular flexibility index (Phi) is 30.4. The average molecular weight is 1670 g/mol. The van der Waals surface area contributed by atoms with E-state index in [-0.39, 0.29) is 33.1 Å². The van der Waals surface area contributed by atoms with Crippen molar-refractivity contribution < 1.29 is 79.0 Å². The van der Waals surface area contributed by atoms with Crippen molar-refractivity contribution in [1.82, 2.24) is 29.3 Å². The van der Waals surface area contributed by atoms with Gasteiger partial charge in [-0.1, -0.05) is 82.8 Å². The molecule has 6 rings (SSSR count). The molecule has 0 radical (unpaired) electrons. The van der Waals surface area contributed by atoms with Gasteiger partial charge >= 0.3 is 137 Å². The van der Waals surface area contributed by atoms with E-state index in [9.17, 15) is 79.0 Å². The van der Waals surface area contributed by atoms with E-state index in [1.807, 2.05) is 0 Å². The third-order valence-electron chi connectivity index (χ3n) is 12.1. The number of nitrogens with zero attached hydrogens (tertiary/aromatic N) is 9. The first-order chi connectivity index (χ1) is 42.4. The normalized spacial score (nSPS) is 12.1. The van der Waals surface area contributed by atoms with E-state index in [1.54, 1.807) is 13.3 Å². The molecule has 92 heavy (non-hydrogen) atoms. The van der Waals surface area contributed by atoms with Crippen LogP contribution in [-0.2, 0) is 18.5 Å². The average Bonchev–Trinajstić information content (AvgIpc) is 1.56. The number of alkyl halides is 18. The SMILES string of the molecule is C=Cc1c(SC(F)(F)F)c(C#N)nn1-c1c(Cl)cc(C(F)(F)F)cc1Cl.C=Cc1c(SC(F)(F)F)c(C#N)nn1-c1c(Cl)cc(C(F)(F)F)cc1Cl.C=[CH][Sn]([CH2]CCC)([CH2]CCC)[CH2]CCC.N#Cc1nn(-c2c(Cl)cc(C(F)(F)F)cc2Cl)c(Br)c1SC(F)(F)F. The standard InChI is InChI=1S/2C14H5Cl2F6N3S.C12H2BrCl2F6N3S.3C4H9.C2H3.Sn/c2*1-2-10-12(26-14(20,21)22)9(5-23)24-25(10)11-7(15)3-6(4-8(11)16)13(17,18)19;13-10-9(25-12(19,20)21)7(3-22)23-24(10)8-5(14)1-4(2-6(8)15)11(16,17)18;3*1-3-4-2;1-2;/h2*2-4H,1H2;1-2H;3*1,3-4H2,2H3;1H,2H2;. The summed E-state index contributed by atoms with van der Waals surface area (Å²) in [5.41, 5.74) is -20.9. The monoisotopic (exact) mass is 1660 g/mol. The molecule has 0 fully saturated rings. The Hall–Kier alpha value is -4.21. The molecule has 0 saturated carbocycles. The summed E-state index contributed by atoms with van der Waals surface area (Å²) in [5, 5.41) is 35.0. The molecule has 0 saturated heterocycles. The van der Waals surface area contributed by atoms with Crippen molar-refractivity contribution in [1.29, 1.82) is 15.8 Å². The molecule has 0 aliphatic rings. The van der Waals surface area contributed by atoms with E-state index in [0.717, 1.165) is 26.2 Å². The largest absolute Gasteiger partial charge is 0.446 e. The number of halogens is 25. The van der Waals surface area contributed by atoms with Crippen LogP contribution in [0.15, 0.2) is 79.5 Å². The molecule has 0 aliphatic carbocycles. The van der Waals surface area contributed by atoms with E-state index in [1.165, 1.54) is 56.7 Å². The molecule has 38 heteroatoms. The van der Waals surface area contributed by atoms with Crippen molar-refractivity contribution in [3.8, 4) is 35.3 Å². The van der Waals surface area contributed by atoms with Gasteiger partial charge in [-0.3, -0.25) is 0 Å². The van der Waals surface area contributed by atoms with E-state index in [4.69, 9.17) is 85.4 Å². The van der Waals surface area contributed by atoms with Crippen LogP contribution in [-0.4, -0.2) is 64.2 Å². The summed E-state index contributed by atoms with van der Waals surface area (Å²) in [6.07, 6.45) is -3.79. The minimum absolute atomic E-state index is 0.285. The van der Waals surface area contributed by atoms with Crippen molar-refractivity contribution >= 4 is 151 Å². The van der Waals surface area contributed by atoms with Gasteiger partial charge in [0, 0.05) is 0 Å². The first-order valence-corrected chi connectivity index (χ1v) is 38.7. The summed E-state index contributed by atoms with van der Waals surface area (Å²) in [6, 6.07) is 7.79. The van der Waals surface area contributed by atoms with Crippen molar-refractivity contribution in [3.63, 3.8) is 0 Å². The van der Waals surface area contributed by atoms with Crippen LogP contribution < -0.4 is 0 Å². The zero-order chi connectivity index (χ0) is 70.4.